The van der Waals surface area contributed by atoms with Crippen molar-refractivity contribution in [3.8, 4) is 0 Å². The summed E-state index contributed by atoms with van der Waals surface area (Å²) in [6.07, 6.45) is -0.553. The summed E-state index contributed by atoms with van der Waals surface area (Å²) in [6.45, 7) is 5.75. The predicted molar refractivity (Wildman–Crippen MR) is 49.1 cm³/mol. The first-order valence-corrected chi connectivity index (χ1v) is 4.73. The minimum absolute atomic E-state index is 0.198. The Hall–Kier alpha value is -0.160. The van der Waals surface area contributed by atoms with Gasteiger partial charge >= 0.3 is 0 Å². The molecule has 0 rings (SSSR count). The largest absolute Gasteiger partial charge is 0.368 e. The lowest BCUT2D eigenvalue weighted by Crippen LogP contribution is -2.25. The molecule has 0 heterocycles. The van der Waals surface area contributed by atoms with Crippen molar-refractivity contribution >= 4 is 0 Å². The lowest BCUT2D eigenvalue weighted by Gasteiger charge is -2.18. The molecule has 13 heavy (non-hydrogen) atoms. The average molecular weight is 192 g/mol. The molecule has 0 amide bonds. The molecule has 80 valence electrons. The van der Waals surface area contributed by atoms with Gasteiger partial charge in [0.05, 0.1) is 12.7 Å². The van der Waals surface area contributed by atoms with E-state index in [1.807, 2.05) is 13.8 Å². The highest BCUT2D eigenvalue weighted by molar-refractivity contribution is 4.49. The van der Waals surface area contributed by atoms with E-state index in [4.69, 9.17) is 19.7 Å². The molecule has 0 aliphatic carbocycles. The second-order valence-electron chi connectivity index (χ2n) is 3.01. The van der Waals surface area contributed by atoms with Gasteiger partial charge in [0.1, 0.15) is 0 Å². The first-order valence-electron chi connectivity index (χ1n) is 4.73. The minimum Gasteiger partial charge on any atom is -0.368 e. The van der Waals surface area contributed by atoms with E-state index in [2.05, 4.69) is 0 Å². The monoisotopic (exact) mass is 192 g/mol. The van der Waals surface area contributed by atoms with Crippen LogP contribution in [0.2, 0.25) is 0 Å². The van der Waals surface area contributed by atoms with Gasteiger partial charge in [0.15, 0.2) is 12.6 Å². The molecule has 0 aromatic carbocycles. The zero-order valence-electron chi connectivity index (χ0n) is 8.56. The summed E-state index contributed by atoms with van der Waals surface area (Å²) in [5.74, 6) is 0. The van der Waals surface area contributed by atoms with Crippen LogP contribution in [0.4, 0.5) is 0 Å². The lowest BCUT2D eigenvalue weighted by molar-refractivity contribution is -0.176. The summed E-state index contributed by atoms with van der Waals surface area (Å²) in [7, 11) is 0. The van der Waals surface area contributed by atoms with Crippen molar-refractivity contribution in [1.82, 2.24) is 0 Å². The Morgan fingerprint density at radius 3 is 2.08 bits per heavy atom. The number of aliphatic hydroxyl groups excluding tert-OH is 2. The molecule has 0 saturated carbocycles. The third-order valence-electron chi connectivity index (χ3n) is 1.61. The second-order valence-corrected chi connectivity index (χ2v) is 3.01. The second kappa shape index (κ2) is 7.26. The van der Waals surface area contributed by atoms with E-state index in [9.17, 15) is 0 Å². The van der Waals surface area contributed by atoms with Gasteiger partial charge in [-0.25, -0.2) is 0 Å². The quantitative estimate of drug-likeness (QED) is 0.587. The van der Waals surface area contributed by atoms with Crippen LogP contribution in [0.5, 0.6) is 0 Å². The standard InChI is InChI=1S/C9H20O4/c1-4-8(10)12-6-7(3)13-9(11)5-2/h7-11H,4-6H2,1-3H3. The Kier molecular flexibility index (Phi) is 7.17. The van der Waals surface area contributed by atoms with Crippen molar-refractivity contribution < 1.29 is 19.7 Å². The molecule has 0 aliphatic heterocycles. The maximum absolute atomic E-state index is 9.11. The van der Waals surface area contributed by atoms with Gasteiger partial charge in [-0.15, -0.1) is 0 Å². The van der Waals surface area contributed by atoms with Crippen LogP contribution in [-0.4, -0.2) is 35.5 Å². The van der Waals surface area contributed by atoms with Crippen LogP contribution in [0.1, 0.15) is 33.6 Å². The predicted octanol–water partition coefficient (Wildman–Crippen LogP) is 0.865. The third-order valence-corrected chi connectivity index (χ3v) is 1.61. The molecule has 4 nitrogen and oxygen atoms in total. The molecular formula is C9H20O4. The number of rotatable bonds is 7. The summed E-state index contributed by atoms with van der Waals surface area (Å²) < 4.78 is 10.1. The fraction of sp³-hybridized carbons (Fsp3) is 1.00. The maximum Gasteiger partial charge on any atom is 0.154 e. The zero-order valence-corrected chi connectivity index (χ0v) is 8.56. The van der Waals surface area contributed by atoms with Gasteiger partial charge in [-0.05, 0) is 19.8 Å². The van der Waals surface area contributed by atoms with E-state index in [1.54, 1.807) is 6.92 Å². The van der Waals surface area contributed by atoms with E-state index in [0.717, 1.165) is 0 Å². The number of ether oxygens (including phenoxy) is 2. The summed E-state index contributed by atoms with van der Waals surface area (Å²) in [4.78, 5) is 0. The van der Waals surface area contributed by atoms with Crippen molar-refractivity contribution in [2.45, 2.75) is 52.3 Å². The molecule has 0 radical (unpaired) electrons. The molecule has 0 fully saturated rings. The molecule has 0 aliphatic rings. The Morgan fingerprint density at radius 1 is 1.08 bits per heavy atom. The maximum atomic E-state index is 9.11. The normalized spacial score (nSPS) is 18.2. The Balaban J connectivity index is 3.45. The third kappa shape index (κ3) is 6.95. The van der Waals surface area contributed by atoms with Gasteiger partial charge < -0.3 is 19.7 Å². The molecule has 0 spiro atoms. The topological polar surface area (TPSA) is 58.9 Å². The lowest BCUT2D eigenvalue weighted by atomic mass is 10.4. The summed E-state index contributed by atoms with van der Waals surface area (Å²) in [5, 5.41) is 18.2. The molecule has 3 unspecified atom stereocenters. The van der Waals surface area contributed by atoms with Crippen molar-refractivity contribution in [1.29, 1.82) is 0 Å². The van der Waals surface area contributed by atoms with Crippen LogP contribution in [0.3, 0.4) is 0 Å². The van der Waals surface area contributed by atoms with Crippen LogP contribution in [0.25, 0.3) is 0 Å². The van der Waals surface area contributed by atoms with Crippen molar-refractivity contribution in [2.75, 3.05) is 6.61 Å². The fourth-order valence-electron chi connectivity index (χ4n) is 0.768. The molecule has 3 atom stereocenters. The molecule has 0 bridgehead atoms. The highest BCUT2D eigenvalue weighted by atomic mass is 16.6. The number of hydrogen-bond acceptors (Lipinski definition) is 4. The van der Waals surface area contributed by atoms with Gasteiger partial charge in [-0.3, -0.25) is 0 Å². The van der Waals surface area contributed by atoms with E-state index < -0.39 is 12.6 Å². The summed E-state index contributed by atoms with van der Waals surface area (Å²) in [5.41, 5.74) is 0. The van der Waals surface area contributed by atoms with E-state index in [0.29, 0.717) is 19.4 Å². The Bertz CT molecular complexity index is 118. The van der Waals surface area contributed by atoms with E-state index in [1.165, 1.54) is 0 Å². The van der Waals surface area contributed by atoms with Gasteiger partial charge in [0, 0.05) is 0 Å². The van der Waals surface area contributed by atoms with Gasteiger partial charge in [0.25, 0.3) is 0 Å². The van der Waals surface area contributed by atoms with Crippen molar-refractivity contribution in [2.24, 2.45) is 0 Å². The highest BCUT2D eigenvalue weighted by Gasteiger charge is 2.10. The molecule has 0 saturated heterocycles. The summed E-state index contributed by atoms with van der Waals surface area (Å²) >= 11 is 0. The van der Waals surface area contributed by atoms with Crippen LogP contribution >= 0.6 is 0 Å². The van der Waals surface area contributed by atoms with Gasteiger partial charge in [-0.1, -0.05) is 13.8 Å². The molecule has 0 aromatic rings. The molecule has 2 N–H and O–H groups in total. The van der Waals surface area contributed by atoms with E-state index in [-0.39, 0.29) is 6.10 Å². The highest BCUT2D eigenvalue weighted by Crippen LogP contribution is 2.02. The van der Waals surface area contributed by atoms with E-state index >= 15 is 0 Å². The number of hydrogen-bond donors (Lipinski definition) is 2. The van der Waals surface area contributed by atoms with Crippen LogP contribution in [0.15, 0.2) is 0 Å². The SMILES string of the molecule is CCC(O)OCC(C)OC(O)CC. The fourth-order valence-corrected chi connectivity index (χ4v) is 0.768. The molecule has 4 heteroatoms. The first kappa shape index (κ1) is 12.8. The Morgan fingerprint density at radius 2 is 1.62 bits per heavy atom. The number of aliphatic hydroxyl groups is 2. The van der Waals surface area contributed by atoms with Crippen LogP contribution in [-0.2, 0) is 9.47 Å². The van der Waals surface area contributed by atoms with Crippen molar-refractivity contribution in [3.05, 3.63) is 0 Å². The van der Waals surface area contributed by atoms with Gasteiger partial charge in [-0.2, -0.15) is 0 Å². The van der Waals surface area contributed by atoms with Crippen LogP contribution in [0, 0.1) is 0 Å². The smallest absolute Gasteiger partial charge is 0.154 e. The first-order chi connectivity index (χ1) is 6.10. The average Bonchev–Trinajstić information content (AvgIpc) is 2.13. The Labute approximate surface area is 79.5 Å². The van der Waals surface area contributed by atoms with Crippen molar-refractivity contribution in [3.63, 3.8) is 0 Å². The molecule has 0 aromatic heterocycles. The molecular weight excluding hydrogens is 172 g/mol. The van der Waals surface area contributed by atoms with Crippen LogP contribution < -0.4 is 0 Å². The minimum atomic E-state index is -0.739. The van der Waals surface area contributed by atoms with Gasteiger partial charge in [0.2, 0.25) is 0 Å². The summed E-state index contributed by atoms with van der Waals surface area (Å²) in [6, 6.07) is 0. The zero-order chi connectivity index (χ0) is 10.3.